The SMILES string of the molecule is CC(C)n1nccc1NC(=O)CCOc1ccccc1N. The fraction of sp³-hybridized carbons (Fsp3) is 0.333. The van der Waals surface area contributed by atoms with Gasteiger partial charge in [0, 0.05) is 12.1 Å². The van der Waals surface area contributed by atoms with Crippen LogP contribution in [-0.4, -0.2) is 22.3 Å². The first-order chi connectivity index (χ1) is 10.1. The molecule has 1 heterocycles. The molecule has 2 rings (SSSR count). The van der Waals surface area contributed by atoms with Crippen molar-refractivity contribution in [2.45, 2.75) is 26.3 Å². The molecular formula is C15H20N4O2. The monoisotopic (exact) mass is 288 g/mol. The molecule has 21 heavy (non-hydrogen) atoms. The minimum absolute atomic E-state index is 0.119. The lowest BCUT2D eigenvalue weighted by Crippen LogP contribution is -2.18. The second-order valence-corrected chi connectivity index (χ2v) is 4.94. The number of para-hydroxylation sites is 2. The van der Waals surface area contributed by atoms with Gasteiger partial charge in [0.1, 0.15) is 11.6 Å². The molecule has 0 spiro atoms. The van der Waals surface area contributed by atoms with Crippen LogP contribution in [0.15, 0.2) is 36.5 Å². The molecule has 6 heteroatoms. The first kappa shape index (κ1) is 14.9. The van der Waals surface area contributed by atoms with Crippen LogP contribution in [0.5, 0.6) is 5.75 Å². The van der Waals surface area contributed by atoms with Crippen molar-refractivity contribution in [3.63, 3.8) is 0 Å². The molecule has 0 bridgehead atoms. The molecule has 0 saturated heterocycles. The van der Waals surface area contributed by atoms with Crippen LogP contribution in [0, 0.1) is 0 Å². The second-order valence-electron chi connectivity index (χ2n) is 4.94. The molecule has 112 valence electrons. The lowest BCUT2D eigenvalue weighted by Gasteiger charge is -2.12. The summed E-state index contributed by atoms with van der Waals surface area (Å²) in [6.07, 6.45) is 1.91. The summed E-state index contributed by atoms with van der Waals surface area (Å²) < 4.78 is 7.25. The maximum absolute atomic E-state index is 11.9. The average molecular weight is 288 g/mol. The van der Waals surface area contributed by atoms with Gasteiger partial charge in [0.05, 0.1) is 24.9 Å². The predicted molar refractivity (Wildman–Crippen MR) is 82.2 cm³/mol. The van der Waals surface area contributed by atoms with Crippen molar-refractivity contribution in [1.29, 1.82) is 0 Å². The van der Waals surface area contributed by atoms with E-state index >= 15 is 0 Å². The normalized spacial score (nSPS) is 10.6. The largest absolute Gasteiger partial charge is 0.491 e. The Kier molecular flexibility index (Phi) is 4.81. The van der Waals surface area contributed by atoms with E-state index in [1.165, 1.54) is 0 Å². The van der Waals surface area contributed by atoms with E-state index in [4.69, 9.17) is 10.5 Å². The Morgan fingerprint density at radius 3 is 2.86 bits per heavy atom. The molecule has 3 N–H and O–H groups in total. The molecule has 0 radical (unpaired) electrons. The van der Waals surface area contributed by atoms with Gasteiger partial charge in [-0.2, -0.15) is 5.10 Å². The lowest BCUT2D eigenvalue weighted by molar-refractivity contribution is -0.116. The number of hydrogen-bond acceptors (Lipinski definition) is 4. The Labute approximate surface area is 123 Å². The molecule has 1 aromatic carbocycles. The van der Waals surface area contributed by atoms with E-state index in [-0.39, 0.29) is 25.0 Å². The Morgan fingerprint density at radius 2 is 2.14 bits per heavy atom. The second kappa shape index (κ2) is 6.78. The number of aromatic nitrogens is 2. The molecule has 0 unspecified atom stereocenters. The van der Waals surface area contributed by atoms with Crippen LogP contribution in [0.1, 0.15) is 26.3 Å². The van der Waals surface area contributed by atoms with Crippen LogP contribution in [0.3, 0.4) is 0 Å². The quantitative estimate of drug-likeness (QED) is 0.800. The highest BCUT2D eigenvalue weighted by Crippen LogP contribution is 2.20. The van der Waals surface area contributed by atoms with E-state index in [0.717, 1.165) is 0 Å². The van der Waals surface area contributed by atoms with E-state index in [0.29, 0.717) is 17.3 Å². The van der Waals surface area contributed by atoms with Gasteiger partial charge in [0.25, 0.3) is 0 Å². The van der Waals surface area contributed by atoms with Gasteiger partial charge >= 0.3 is 0 Å². The first-order valence-corrected chi connectivity index (χ1v) is 6.88. The molecule has 1 amide bonds. The summed E-state index contributed by atoms with van der Waals surface area (Å²) in [6.45, 7) is 4.28. The van der Waals surface area contributed by atoms with Crippen LogP contribution < -0.4 is 15.8 Å². The number of ether oxygens (including phenoxy) is 1. The number of nitrogens with one attached hydrogen (secondary N) is 1. The molecule has 2 aromatic rings. The number of hydrogen-bond donors (Lipinski definition) is 2. The van der Waals surface area contributed by atoms with Crippen molar-refractivity contribution in [3.8, 4) is 5.75 Å². The van der Waals surface area contributed by atoms with Crippen LogP contribution in [-0.2, 0) is 4.79 Å². The summed E-state index contributed by atoms with van der Waals surface area (Å²) in [7, 11) is 0. The molecule has 6 nitrogen and oxygen atoms in total. The van der Waals surface area contributed by atoms with E-state index in [9.17, 15) is 4.79 Å². The third-order valence-electron chi connectivity index (χ3n) is 2.93. The minimum Gasteiger partial charge on any atom is -0.491 e. The summed E-state index contributed by atoms with van der Waals surface area (Å²) in [5.74, 6) is 1.17. The first-order valence-electron chi connectivity index (χ1n) is 6.88. The highest BCUT2D eigenvalue weighted by molar-refractivity contribution is 5.89. The van der Waals surface area contributed by atoms with Crippen LogP contribution in [0.2, 0.25) is 0 Å². The zero-order valence-electron chi connectivity index (χ0n) is 12.2. The van der Waals surface area contributed by atoms with Gasteiger partial charge in [0.2, 0.25) is 5.91 Å². The molecular weight excluding hydrogens is 268 g/mol. The average Bonchev–Trinajstić information content (AvgIpc) is 2.89. The topological polar surface area (TPSA) is 82.2 Å². The molecule has 1 aromatic heterocycles. The van der Waals surface area contributed by atoms with Gasteiger partial charge in [-0.15, -0.1) is 0 Å². The maximum Gasteiger partial charge on any atom is 0.228 e. The number of rotatable bonds is 6. The number of carbonyl (C=O) groups excluding carboxylic acids is 1. The van der Waals surface area contributed by atoms with Crippen molar-refractivity contribution in [2.24, 2.45) is 0 Å². The van der Waals surface area contributed by atoms with E-state index < -0.39 is 0 Å². The van der Waals surface area contributed by atoms with Crippen molar-refractivity contribution in [1.82, 2.24) is 9.78 Å². The highest BCUT2D eigenvalue weighted by atomic mass is 16.5. The number of anilines is 2. The van der Waals surface area contributed by atoms with E-state index in [1.54, 1.807) is 29.1 Å². The fourth-order valence-electron chi connectivity index (χ4n) is 1.90. The Bertz CT molecular complexity index is 607. The zero-order valence-corrected chi connectivity index (χ0v) is 12.2. The Hall–Kier alpha value is -2.50. The van der Waals surface area contributed by atoms with Crippen LogP contribution in [0.4, 0.5) is 11.5 Å². The van der Waals surface area contributed by atoms with Gasteiger partial charge in [-0.05, 0) is 26.0 Å². The third kappa shape index (κ3) is 3.98. The summed E-state index contributed by atoms with van der Waals surface area (Å²) >= 11 is 0. The Morgan fingerprint density at radius 1 is 1.38 bits per heavy atom. The standard InChI is InChI=1S/C15H20N4O2/c1-11(2)19-14(7-9-17-19)18-15(20)8-10-21-13-6-4-3-5-12(13)16/h3-7,9,11H,8,10,16H2,1-2H3,(H,18,20). The summed E-state index contributed by atoms with van der Waals surface area (Å²) in [5, 5.41) is 6.99. The van der Waals surface area contributed by atoms with Crippen molar-refractivity contribution in [3.05, 3.63) is 36.5 Å². The Balaban J connectivity index is 1.83. The van der Waals surface area contributed by atoms with Crippen molar-refractivity contribution in [2.75, 3.05) is 17.7 Å². The van der Waals surface area contributed by atoms with Crippen LogP contribution >= 0.6 is 0 Å². The van der Waals surface area contributed by atoms with Gasteiger partial charge < -0.3 is 15.8 Å². The molecule has 0 aliphatic heterocycles. The van der Waals surface area contributed by atoms with E-state index in [1.807, 2.05) is 26.0 Å². The summed E-state index contributed by atoms with van der Waals surface area (Å²) in [5.41, 5.74) is 6.33. The molecule has 0 aliphatic rings. The summed E-state index contributed by atoms with van der Waals surface area (Å²) in [4.78, 5) is 11.9. The molecule has 0 fully saturated rings. The smallest absolute Gasteiger partial charge is 0.228 e. The number of nitrogen functional groups attached to an aromatic ring is 1. The predicted octanol–water partition coefficient (Wildman–Crippen LogP) is 2.45. The molecule has 0 saturated carbocycles. The zero-order chi connectivity index (χ0) is 15.2. The highest BCUT2D eigenvalue weighted by Gasteiger charge is 2.09. The van der Waals surface area contributed by atoms with Gasteiger partial charge in [-0.1, -0.05) is 12.1 Å². The number of nitrogens with zero attached hydrogens (tertiary/aromatic N) is 2. The number of benzene rings is 1. The fourth-order valence-corrected chi connectivity index (χ4v) is 1.90. The van der Waals surface area contributed by atoms with Gasteiger partial charge in [-0.25, -0.2) is 4.68 Å². The number of nitrogens with two attached hydrogens (primary N) is 1. The van der Waals surface area contributed by atoms with Crippen LogP contribution in [0.25, 0.3) is 0 Å². The van der Waals surface area contributed by atoms with Crippen molar-refractivity contribution < 1.29 is 9.53 Å². The maximum atomic E-state index is 11.9. The van der Waals surface area contributed by atoms with E-state index in [2.05, 4.69) is 10.4 Å². The van der Waals surface area contributed by atoms with Gasteiger partial charge in [0.15, 0.2) is 0 Å². The molecule has 0 atom stereocenters. The van der Waals surface area contributed by atoms with Crippen molar-refractivity contribution >= 4 is 17.4 Å². The number of amides is 1. The molecule has 0 aliphatic carbocycles. The lowest BCUT2D eigenvalue weighted by atomic mass is 10.3. The number of carbonyl (C=O) groups is 1. The van der Waals surface area contributed by atoms with Gasteiger partial charge in [-0.3, -0.25) is 4.79 Å². The third-order valence-corrected chi connectivity index (χ3v) is 2.93. The summed E-state index contributed by atoms with van der Waals surface area (Å²) in [6, 6.07) is 9.18. The minimum atomic E-state index is -0.119.